The monoisotopic (exact) mass is 485 g/mol. The Morgan fingerprint density at radius 3 is 2.15 bits per heavy atom. The molecule has 0 fully saturated rings. The molecule has 3 aromatic carbocycles. The maximum absolute atomic E-state index is 12.9. The molecule has 2 amide bonds. The third-order valence-corrected chi connectivity index (χ3v) is 6.36. The molecule has 3 rings (SSSR count). The lowest BCUT2D eigenvalue weighted by Crippen LogP contribution is -2.47. The molecule has 3 N–H and O–H groups in total. The first-order valence-electron chi connectivity index (χ1n) is 10.3. The van der Waals surface area contributed by atoms with E-state index in [1.165, 1.54) is 61.5 Å². The fourth-order valence-electron chi connectivity index (χ4n) is 2.85. The van der Waals surface area contributed by atoms with Crippen molar-refractivity contribution < 1.29 is 27.1 Å². The van der Waals surface area contributed by atoms with E-state index >= 15 is 0 Å². The average molecular weight is 486 g/mol. The molecular formula is C24H24FN3O5S. The SMILES string of the molecule is Cc1ccc(S(=O)(=O)Nc2ccc(C(=O)NNC(=O)C(C)Oc3ccc(F)cc3)cc2)cc1C. The highest BCUT2D eigenvalue weighted by Crippen LogP contribution is 2.19. The summed E-state index contributed by atoms with van der Waals surface area (Å²) in [7, 11) is -3.79. The zero-order chi connectivity index (χ0) is 24.9. The van der Waals surface area contributed by atoms with Crippen LogP contribution in [0.3, 0.4) is 0 Å². The molecule has 0 saturated carbocycles. The molecule has 0 aromatic heterocycles. The van der Waals surface area contributed by atoms with Crippen LogP contribution in [0, 0.1) is 19.7 Å². The summed E-state index contributed by atoms with van der Waals surface area (Å²) in [5.41, 5.74) is 6.82. The summed E-state index contributed by atoms with van der Waals surface area (Å²) < 4.78 is 46.0. The molecule has 3 aromatic rings. The van der Waals surface area contributed by atoms with Crippen LogP contribution in [0.4, 0.5) is 10.1 Å². The van der Waals surface area contributed by atoms with Gasteiger partial charge in [-0.1, -0.05) is 6.07 Å². The Hall–Kier alpha value is -3.92. The molecule has 1 atom stereocenters. The molecule has 0 aliphatic carbocycles. The Morgan fingerprint density at radius 2 is 1.53 bits per heavy atom. The maximum atomic E-state index is 12.9. The number of amides is 2. The van der Waals surface area contributed by atoms with Crippen molar-refractivity contribution in [1.29, 1.82) is 0 Å². The Labute approximate surface area is 197 Å². The summed E-state index contributed by atoms with van der Waals surface area (Å²) >= 11 is 0. The van der Waals surface area contributed by atoms with Gasteiger partial charge in [-0.25, -0.2) is 12.8 Å². The molecule has 0 aliphatic rings. The summed E-state index contributed by atoms with van der Waals surface area (Å²) in [4.78, 5) is 24.6. The smallest absolute Gasteiger partial charge is 0.279 e. The van der Waals surface area contributed by atoms with E-state index in [0.29, 0.717) is 5.75 Å². The Kier molecular flexibility index (Phi) is 7.52. The summed E-state index contributed by atoms with van der Waals surface area (Å²) in [5, 5.41) is 0. The Morgan fingerprint density at radius 1 is 0.882 bits per heavy atom. The number of ether oxygens (including phenoxy) is 1. The Balaban J connectivity index is 1.55. The number of hydrogen-bond acceptors (Lipinski definition) is 5. The highest BCUT2D eigenvalue weighted by molar-refractivity contribution is 7.92. The van der Waals surface area contributed by atoms with Crippen LogP contribution in [-0.2, 0) is 14.8 Å². The molecule has 0 saturated heterocycles. The fraction of sp³-hybridized carbons (Fsp3) is 0.167. The Bertz CT molecular complexity index is 1290. The molecule has 0 spiro atoms. The molecular weight excluding hydrogens is 461 g/mol. The molecule has 0 bridgehead atoms. The number of hydrogen-bond donors (Lipinski definition) is 3. The minimum Gasteiger partial charge on any atom is -0.481 e. The molecule has 178 valence electrons. The third-order valence-electron chi connectivity index (χ3n) is 4.98. The number of nitrogens with one attached hydrogen (secondary N) is 3. The van der Waals surface area contributed by atoms with Crippen molar-refractivity contribution >= 4 is 27.5 Å². The summed E-state index contributed by atoms with van der Waals surface area (Å²) in [6, 6.07) is 15.7. The van der Waals surface area contributed by atoms with Crippen LogP contribution in [0.5, 0.6) is 5.75 Å². The zero-order valence-corrected chi connectivity index (χ0v) is 19.6. The van der Waals surface area contributed by atoms with Crippen molar-refractivity contribution in [2.75, 3.05) is 4.72 Å². The lowest BCUT2D eigenvalue weighted by molar-refractivity contribution is -0.128. The van der Waals surface area contributed by atoms with Gasteiger partial charge in [0.25, 0.3) is 21.8 Å². The van der Waals surface area contributed by atoms with Crippen LogP contribution >= 0.6 is 0 Å². The van der Waals surface area contributed by atoms with Gasteiger partial charge in [0.15, 0.2) is 6.10 Å². The maximum Gasteiger partial charge on any atom is 0.279 e. The summed E-state index contributed by atoms with van der Waals surface area (Å²) in [6.45, 7) is 5.20. The van der Waals surface area contributed by atoms with Gasteiger partial charge in [-0.2, -0.15) is 0 Å². The van der Waals surface area contributed by atoms with Gasteiger partial charge in [0.2, 0.25) is 0 Å². The minimum atomic E-state index is -3.79. The summed E-state index contributed by atoms with van der Waals surface area (Å²) in [5.74, 6) is -1.35. The van der Waals surface area contributed by atoms with E-state index in [-0.39, 0.29) is 16.1 Å². The number of halogens is 1. The molecule has 0 radical (unpaired) electrons. The van der Waals surface area contributed by atoms with E-state index in [4.69, 9.17) is 4.74 Å². The van der Waals surface area contributed by atoms with E-state index in [9.17, 15) is 22.4 Å². The van der Waals surface area contributed by atoms with Crippen LogP contribution < -0.4 is 20.3 Å². The lowest BCUT2D eigenvalue weighted by Gasteiger charge is -2.15. The molecule has 1 unspecified atom stereocenters. The van der Waals surface area contributed by atoms with Crippen LogP contribution in [-0.4, -0.2) is 26.3 Å². The predicted octanol–water partition coefficient (Wildman–Crippen LogP) is 3.47. The number of sulfonamides is 1. The minimum absolute atomic E-state index is 0.136. The zero-order valence-electron chi connectivity index (χ0n) is 18.8. The molecule has 34 heavy (non-hydrogen) atoms. The largest absolute Gasteiger partial charge is 0.481 e. The van der Waals surface area contributed by atoms with E-state index in [2.05, 4.69) is 15.6 Å². The number of carbonyl (C=O) groups excluding carboxylic acids is 2. The van der Waals surface area contributed by atoms with E-state index in [1.54, 1.807) is 12.1 Å². The summed E-state index contributed by atoms with van der Waals surface area (Å²) in [6.07, 6.45) is -0.951. The number of hydrazine groups is 1. The quantitative estimate of drug-likeness (QED) is 0.444. The number of carbonyl (C=O) groups is 2. The first kappa shape index (κ1) is 24.7. The number of rotatable bonds is 7. The molecule has 8 nitrogen and oxygen atoms in total. The molecule has 10 heteroatoms. The van der Waals surface area contributed by atoms with Gasteiger partial charge >= 0.3 is 0 Å². The second-order valence-corrected chi connectivity index (χ2v) is 9.27. The van der Waals surface area contributed by atoms with Gasteiger partial charge in [0.05, 0.1) is 4.90 Å². The van der Waals surface area contributed by atoms with Crippen molar-refractivity contribution in [1.82, 2.24) is 10.9 Å². The van der Waals surface area contributed by atoms with Crippen molar-refractivity contribution in [3.8, 4) is 5.75 Å². The van der Waals surface area contributed by atoms with E-state index < -0.39 is 33.8 Å². The van der Waals surface area contributed by atoms with Gasteiger partial charge < -0.3 is 4.74 Å². The second-order valence-electron chi connectivity index (χ2n) is 7.59. The number of aryl methyl sites for hydroxylation is 2. The van der Waals surface area contributed by atoms with Gasteiger partial charge in [0, 0.05) is 11.3 Å². The molecule has 0 heterocycles. The normalized spacial score (nSPS) is 11.9. The van der Waals surface area contributed by atoms with Crippen molar-refractivity contribution in [3.63, 3.8) is 0 Å². The second kappa shape index (κ2) is 10.3. The first-order chi connectivity index (χ1) is 16.0. The van der Waals surface area contributed by atoms with E-state index in [1.807, 2.05) is 13.8 Å². The van der Waals surface area contributed by atoms with Gasteiger partial charge in [-0.3, -0.25) is 25.2 Å². The standard InChI is InChI=1S/C24H24FN3O5S/c1-15-4-13-22(14-16(15)2)34(31,32)28-20-9-5-18(6-10-20)24(30)27-26-23(29)17(3)33-21-11-7-19(25)8-12-21/h4-14,17,28H,1-3H3,(H,26,29)(H,27,30). The van der Waals surface area contributed by atoms with Gasteiger partial charge in [-0.05, 0) is 92.6 Å². The van der Waals surface area contributed by atoms with Gasteiger partial charge in [-0.15, -0.1) is 0 Å². The molecule has 0 aliphatic heterocycles. The number of benzene rings is 3. The lowest BCUT2D eigenvalue weighted by atomic mass is 10.1. The highest BCUT2D eigenvalue weighted by atomic mass is 32.2. The number of anilines is 1. The van der Waals surface area contributed by atoms with Crippen molar-refractivity contribution in [2.45, 2.75) is 31.8 Å². The van der Waals surface area contributed by atoms with Gasteiger partial charge in [0.1, 0.15) is 11.6 Å². The average Bonchev–Trinajstić information content (AvgIpc) is 2.80. The van der Waals surface area contributed by atoms with Crippen LogP contribution in [0.1, 0.15) is 28.4 Å². The van der Waals surface area contributed by atoms with Crippen LogP contribution in [0.2, 0.25) is 0 Å². The van der Waals surface area contributed by atoms with Crippen LogP contribution in [0.25, 0.3) is 0 Å². The predicted molar refractivity (Wildman–Crippen MR) is 125 cm³/mol. The topological polar surface area (TPSA) is 114 Å². The highest BCUT2D eigenvalue weighted by Gasteiger charge is 2.17. The van der Waals surface area contributed by atoms with E-state index in [0.717, 1.165) is 11.1 Å². The first-order valence-corrected chi connectivity index (χ1v) is 11.8. The third kappa shape index (κ3) is 6.32. The van der Waals surface area contributed by atoms with Crippen molar-refractivity contribution in [2.24, 2.45) is 0 Å². The van der Waals surface area contributed by atoms with Crippen LogP contribution in [0.15, 0.2) is 71.6 Å². The fourth-order valence-corrected chi connectivity index (χ4v) is 3.99. The van der Waals surface area contributed by atoms with Crippen molar-refractivity contribution in [3.05, 3.63) is 89.2 Å².